The van der Waals surface area contributed by atoms with Crippen molar-refractivity contribution < 1.29 is 13.9 Å². The quantitative estimate of drug-likeness (QED) is 0.741. The number of carbonyl (C=O) groups excluding carboxylic acids is 1. The lowest BCUT2D eigenvalue weighted by Gasteiger charge is -2.23. The van der Waals surface area contributed by atoms with Crippen LogP contribution >= 0.6 is 0 Å². The number of rotatable bonds is 7. The van der Waals surface area contributed by atoms with E-state index in [4.69, 9.17) is 4.74 Å². The van der Waals surface area contributed by atoms with Crippen LogP contribution in [0.1, 0.15) is 43.7 Å². The second-order valence-electron chi connectivity index (χ2n) is 6.86. The molecular formula is C21H24FNO2. The van der Waals surface area contributed by atoms with Crippen LogP contribution in [0.25, 0.3) is 0 Å². The van der Waals surface area contributed by atoms with E-state index in [0.29, 0.717) is 23.8 Å². The number of hydrogen-bond donors (Lipinski definition) is 0. The van der Waals surface area contributed by atoms with Crippen LogP contribution in [0.3, 0.4) is 0 Å². The molecule has 1 amide bonds. The van der Waals surface area contributed by atoms with Crippen LogP contribution < -0.4 is 4.74 Å². The number of hydrogen-bond acceptors (Lipinski definition) is 2. The van der Waals surface area contributed by atoms with Crippen LogP contribution in [0.4, 0.5) is 4.39 Å². The molecule has 0 aromatic heterocycles. The lowest BCUT2D eigenvalue weighted by atomic mass is 10.0. The first-order valence-corrected chi connectivity index (χ1v) is 8.80. The summed E-state index contributed by atoms with van der Waals surface area (Å²) in [7, 11) is 0. The Bertz CT molecular complexity index is 740. The van der Waals surface area contributed by atoms with Gasteiger partial charge >= 0.3 is 0 Å². The minimum absolute atomic E-state index is 0.0213. The predicted molar refractivity (Wildman–Crippen MR) is 96.0 cm³/mol. The summed E-state index contributed by atoms with van der Waals surface area (Å²) >= 11 is 0. The molecule has 25 heavy (non-hydrogen) atoms. The standard InChI is InChI=1S/C21H24FNO2/c1-15(2)16-7-5-8-19(12-16)25-14-21(24)23(18-10-11-18)13-17-6-3-4-9-20(17)22/h3-9,12,15,18H,10-11,13-14H2,1-2H3. The third-order valence-corrected chi connectivity index (χ3v) is 4.49. The number of ether oxygens (including phenoxy) is 1. The Hall–Kier alpha value is -2.36. The summed E-state index contributed by atoms with van der Waals surface area (Å²) in [5, 5.41) is 0. The van der Waals surface area contributed by atoms with E-state index < -0.39 is 0 Å². The van der Waals surface area contributed by atoms with Crippen LogP contribution in [0.5, 0.6) is 5.75 Å². The zero-order chi connectivity index (χ0) is 17.8. The van der Waals surface area contributed by atoms with Gasteiger partial charge in [0.05, 0.1) is 0 Å². The van der Waals surface area contributed by atoms with E-state index in [1.54, 1.807) is 23.1 Å². The molecule has 0 heterocycles. The van der Waals surface area contributed by atoms with Crippen molar-refractivity contribution in [1.29, 1.82) is 0 Å². The maximum Gasteiger partial charge on any atom is 0.261 e. The highest BCUT2D eigenvalue weighted by Gasteiger charge is 2.33. The second kappa shape index (κ2) is 7.68. The Morgan fingerprint density at radius 1 is 1.20 bits per heavy atom. The highest BCUT2D eigenvalue weighted by molar-refractivity contribution is 5.78. The zero-order valence-electron chi connectivity index (χ0n) is 14.7. The zero-order valence-corrected chi connectivity index (χ0v) is 14.7. The largest absolute Gasteiger partial charge is 0.484 e. The molecule has 0 unspecified atom stereocenters. The summed E-state index contributed by atoms with van der Waals surface area (Å²) in [5.41, 5.74) is 1.72. The maximum atomic E-state index is 13.9. The van der Waals surface area contributed by atoms with Gasteiger partial charge in [-0.15, -0.1) is 0 Å². The Kier molecular flexibility index (Phi) is 5.37. The van der Waals surface area contributed by atoms with Crippen LogP contribution in [-0.4, -0.2) is 23.5 Å². The molecule has 132 valence electrons. The van der Waals surface area contributed by atoms with E-state index in [9.17, 15) is 9.18 Å². The molecule has 1 fully saturated rings. The molecule has 3 nitrogen and oxygen atoms in total. The Labute approximate surface area is 148 Å². The van der Waals surface area contributed by atoms with Gasteiger partial charge in [0.15, 0.2) is 6.61 Å². The molecule has 4 heteroatoms. The van der Waals surface area contributed by atoms with E-state index >= 15 is 0 Å². The molecule has 1 aliphatic rings. The average molecular weight is 341 g/mol. The molecule has 0 saturated heterocycles. The molecule has 1 saturated carbocycles. The van der Waals surface area contributed by atoms with Crippen LogP contribution in [0.2, 0.25) is 0 Å². The van der Waals surface area contributed by atoms with Crippen LogP contribution in [-0.2, 0) is 11.3 Å². The van der Waals surface area contributed by atoms with Crippen molar-refractivity contribution in [2.75, 3.05) is 6.61 Å². The molecular weight excluding hydrogens is 317 g/mol. The van der Waals surface area contributed by atoms with Crippen molar-refractivity contribution >= 4 is 5.91 Å². The highest BCUT2D eigenvalue weighted by Crippen LogP contribution is 2.29. The fourth-order valence-electron chi connectivity index (χ4n) is 2.81. The smallest absolute Gasteiger partial charge is 0.261 e. The van der Waals surface area contributed by atoms with Gasteiger partial charge in [-0.05, 0) is 42.5 Å². The van der Waals surface area contributed by atoms with Crippen molar-refractivity contribution in [3.8, 4) is 5.75 Å². The van der Waals surface area contributed by atoms with Gasteiger partial charge in [-0.2, -0.15) is 0 Å². The first-order valence-electron chi connectivity index (χ1n) is 8.80. The summed E-state index contributed by atoms with van der Waals surface area (Å²) in [4.78, 5) is 14.4. The Balaban J connectivity index is 1.64. The average Bonchev–Trinajstić information content (AvgIpc) is 3.44. The molecule has 0 aliphatic heterocycles. The van der Waals surface area contributed by atoms with E-state index in [0.717, 1.165) is 12.8 Å². The Morgan fingerprint density at radius 2 is 1.96 bits per heavy atom. The van der Waals surface area contributed by atoms with Gasteiger partial charge in [0.2, 0.25) is 0 Å². The van der Waals surface area contributed by atoms with Gasteiger partial charge in [0, 0.05) is 18.2 Å². The molecule has 0 N–H and O–H groups in total. The SMILES string of the molecule is CC(C)c1cccc(OCC(=O)N(Cc2ccccc2F)C2CC2)c1. The van der Waals surface area contributed by atoms with Crippen LogP contribution in [0.15, 0.2) is 48.5 Å². The van der Waals surface area contributed by atoms with Gasteiger partial charge in [-0.3, -0.25) is 4.79 Å². The van der Waals surface area contributed by atoms with E-state index in [-0.39, 0.29) is 24.4 Å². The van der Waals surface area contributed by atoms with Crippen molar-refractivity contribution in [2.45, 2.75) is 45.2 Å². The van der Waals surface area contributed by atoms with Gasteiger partial charge < -0.3 is 9.64 Å². The third-order valence-electron chi connectivity index (χ3n) is 4.49. The monoisotopic (exact) mass is 341 g/mol. The predicted octanol–water partition coefficient (Wildman–Crippen LogP) is 4.52. The van der Waals surface area contributed by atoms with Crippen molar-refractivity contribution in [3.63, 3.8) is 0 Å². The summed E-state index contributed by atoms with van der Waals surface area (Å²) in [5.74, 6) is 0.733. The molecule has 2 aromatic carbocycles. The van der Waals surface area contributed by atoms with Gasteiger partial charge in [0.1, 0.15) is 11.6 Å². The fraction of sp³-hybridized carbons (Fsp3) is 0.381. The highest BCUT2D eigenvalue weighted by atomic mass is 19.1. The number of nitrogens with zero attached hydrogens (tertiary/aromatic N) is 1. The number of halogens is 1. The van der Waals surface area contributed by atoms with Gasteiger partial charge in [0.25, 0.3) is 5.91 Å². The number of benzene rings is 2. The Morgan fingerprint density at radius 3 is 2.64 bits per heavy atom. The summed E-state index contributed by atoms with van der Waals surface area (Å²) in [6.45, 7) is 4.51. The van der Waals surface area contributed by atoms with E-state index in [2.05, 4.69) is 13.8 Å². The molecule has 1 aliphatic carbocycles. The number of carbonyl (C=O) groups is 1. The minimum Gasteiger partial charge on any atom is -0.484 e. The third kappa shape index (κ3) is 4.59. The first kappa shape index (κ1) is 17.5. The summed E-state index contributed by atoms with van der Waals surface area (Å²) in [6.07, 6.45) is 1.95. The van der Waals surface area contributed by atoms with E-state index in [1.165, 1.54) is 11.6 Å². The van der Waals surface area contributed by atoms with Crippen molar-refractivity contribution in [3.05, 3.63) is 65.5 Å². The lowest BCUT2D eigenvalue weighted by molar-refractivity contribution is -0.134. The normalized spacial score (nSPS) is 13.8. The van der Waals surface area contributed by atoms with Crippen molar-refractivity contribution in [1.82, 2.24) is 4.90 Å². The van der Waals surface area contributed by atoms with Crippen molar-refractivity contribution in [2.24, 2.45) is 0 Å². The van der Waals surface area contributed by atoms with E-state index in [1.807, 2.05) is 24.3 Å². The molecule has 0 bridgehead atoms. The first-order chi connectivity index (χ1) is 12.0. The summed E-state index contributed by atoms with van der Waals surface area (Å²) < 4.78 is 19.6. The molecule has 3 rings (SSSR count). The lowest BCUT2D eigenvalue weighted by Crippen LogP contribution is -2.36. The molecule has 2 aromatic rings. The molecule has 0 radical (unpaired) electrons. The van der Waals surface area contributed by atoms with Gasteiger partial charge in [-0.1, -0.05) is 44.2 Å². The molecule has 0 atom stereocenters. The second-order valence-corrected chi connectivity index (χ2v) is 6.86. The van der Waals surface area contributed by atoms with Gasteiger partial charge in [-0.25, -0.2) is 4.39 Å². The fourth-order valence-corrected chi connectivity index (χ4v) is 2.81. The molecule has 0 spiro atoms. The summed E-state index contributed by atoms with van der Waals surface area (Å²) in [6, 6.07) is 14.6. The van der Waals surface area contributed by atoms with Crippen LogP contribution in [0, 0.1) is 5.82 Å². The topological polar surface area (TPSA) is 29.5 Å². The maximum absolute atomic E-state index is 13.9. The number of amides is 1. The minimum atomic E-state index is -0.272.